The van der Waals surface area contributed by atoms with E-state index in [0.29, 0.717) is 12.5 Å². The Morgan fingerprint density at radius 1 is 1.33 bits per heavy atom. The van der Waals surface area contributed by atoms with Crippen LogP contribution in [-0.2, 0) is 24.3 Å². The second-order valence-corrected chi connectivity index (χ2v) is 8.48. The van der Waals surface area contributed by atoms with Crippen molar-refractivity contribution in [2.75, 3.05) is 0 Å². The first kappa shape index (κ1) is 23.8. The van der Waals surface area contributed by atoms with Crippen molar-refractivity contribution in [3.05, 3.63) is 51.6 Å². The Morgan fingerprint density at radius 3 is 2.48 bits per heavy atom. The molecule has 4 heteroatoms. The molecule has 0 saturated carbocycles. The van der Waals surface area contributed by atoms with E-state index in [1.807, 2.05) is 26.8 Å². The van der Waals surface area contributed by atoms with Gasteiger partial charge < -0.3 is 15.6 Å². The summed E-state index contributed by atoms with van der Waals surface area (Å²) in [6, 6.07) is 2.09. The van der Waals surface area contributed by atoms with Crippen molar-refractivity contribution in [2.45, 2.75) is 80.1 Å². The third-order valence-corrected chi connectivity index (χ3v) is 6.00. The van der Waals surface area contributed by atoms with E-state index in [1.54, 1.807) is 11.8 Å². The molecule has 0 heterocycles. The van der Waals surface area contributed by atoms with Crippen LogP contribution in [0.1, 0.15) is 75.3 Å². The minimum Gasteiger partial charge on any atom is -0.485 e. The number of nitrogens with two attached hydrogens (primary N) is 1. The highest BCUT2D eigenvalue weighted by molar-refractivity contribution is 8.11. The van der Waals surface area contributed by atoms with Gasteiger partial charge in [-0.2, -0.15) is 0 Å². The van der Waals surface area contributed by atoms with Crippen molar-refractivity contribution in [1.82, 2.24) is 0 Å². The van der Waals surface area contributed by atoms with Crippen LogP contribution in [0.4, 0.5) is 0 Å². The Balaban J connectivity index is 3.28. The van der Waals surface area contributed by atoms with Crippen LogP contribution in [0.5, 0.6) is 0 Å². The number of hydrogen-bond donors (Lipinski definition) is 2. The van der Waals surface area contributed by atoms with Crippen molar-refractivity contribution in [3.63, 3.8) is 0 Å². The lowest BCUT2D eigenvalue weighted by Gasteiger charge is -2.22. The number of allylic oxidation sites excluding steroid dienone is 1. The highest BCUT2D eigenvalue weighted by Crippen LogP contribution is 2.38. The molecule has 0 aromatic heterocycles. The summed E-state index contributed by atoms with van der Waals surface area (Å²) in [5.41, 5.74) is 11.5. The molecule has 0 saturated heterocycles. The fraction of sp³-hybridized carbons (Fsp3) is 0.565. The van der Waals surface area contributed by atoms with Crippen LogP contribution in [0.25, 0.3) is 4.91 Å². The summed E-state index contributed by atoms with van der Waals surface area (Å²) in [6.07, 6.45) is 5.32. The van der Waals surface area contributed by atoms with Gasteiger partial charge in [0.15, 0.2) is 5.09 Å². The molecule has 3 N–H and O–H groups in total. The maximum absolute atomic E-state index is 9.98. The zero-order chi connectivity index (χ0) is 20.6. The lowest BCUT2D eigenvalue weighted by Crippen LogP contribution is -2.10. The first-order valence-electron chi connectivity index (χ1n) is 9.94. The highest BCUT2D eigenvalue weighted by atomic mass is 32.2. The average molecular weight is 392 g/mol. The maximum atomic E-state index is 9.98. The summed E-state index contributed by atoms with van der Waals surface area (Å²) in [5, 5.41) is 10.8. The molecule has 0 amide bonds. The van der Waals surface area contributed by atoms with Gasteiger partial charge in [-0.25, -0.2) is 0 Å². The van der Waals surface area contributed by atoms with Crippen molar-refractivity contribution >= 4 is 16.7 Å². The van der Waals surface area contributed by atoms with Crippen molar-refractivity contribution in [2.24, 2.45) is 11.7 Å². The average Bonchev–Trinajstić information content (AvgIpc) is 2.64. The fourth-order valence-corrected chi connectivity index (χ4v) is 4.04. The van der Waals surface area contributed by atoms with Gasteiger partial charge in [-0.15, -0.1) is 0 Å². The van der Waals surface area contributed by atoms with E-state index in [2.05, 4.69) is 33.4 Å². The van der Waals surface area contributed by atoms with Crippen LogP contribution in [0.15, 0.2) is 23.8 Å². The van der Waals surface area contributed by atoms with Gasteiger partial charge in [-0.1, -0.05) is 38.6 Å². The lowest BCUT2D eigenvalue weighted by atomic mass is 9.87. The molecule has 1 atom stereocenters. The largest absolute Gasteiger partial charge is 0.485 e. The Hall–Kier alpha value is -1.23. The van der Waals surface area contributed by atoms with Crippen LogP contribution < -0.4 is 5.73 Å². The van der Waals surface area contributed by atoms with Crippen LogP contribution in [0.3, 0.4) is 0 Å². The number of hydrogen-bond acceptors (Lipinski definition) is 4. The first-order chi connectivity index (χ1) is 12.8. The Morgan fingerprint density at radius 2 is 2.00 bits per heavy atom. The van der Waals surface area contributed by atoms with E-state index >= 15 is 0 Å². The molecule has 0 radical (unpaired) electrons. The standard InChI is InChI=1S/C23H37NO2S/c1-8-16(5)10-11-20-17(6)21(12-19(13-24)22(20)14-25)18(7)27-23(9-2)26-15(3)4/h9,12,15-16,25H,7-8,10-11,13-14,24H2,1-6H3/b23-9-. The van der Waals surface area contributed by atoms with Crippen molar-refractivity contribution in [3.8, 4) is 0 Å². The molecule has 152 valence electrons. The molecular formula is C23H37NO2S. The Bertz CT molecular complexity index is 665. The monoisotopic (exact) mass is 391 g/mol. The summed E-state index contributed by atoms with van der Waals surface area (Å²) >= 11 is 1.55. The fourth-order valence-electron chi connectivity index (χ4n) is 3.11. The van der Waals surface area contributed by atoms with Gasteiger partial charge in [0.25, 0.3) is 0 Å². The van der Waals surface area contributed by atoms with Crippen LogP contribution >= 0.6 is 11.8 Å². The van der Waals surface area contributed by atoms with Crippen LogP contribution in [0.2, 0.25) is 0 Å². The predicted molar refractivity (Wildman–Crippen MR) is 119 cm³/mol. The first-order valence-corrected chi connectivity index (χ1v) is 10.8. The molecule has 0 aliphatic rings. The molecule has 1 rings (SSSR count). The zero-order valence-electron chi connectivity index (χ0n) is 17.9. The molecule has 0 aliphatic heterocycles. The van der Waals surface area contributed by atoms with Crippen LogP contribution in [-0.4, -0.2) is 11.2 Å². The van der Waals surface area contributed by atoms with Crippen LogP contribution in [0, 0.1) is 12.8 Å². The second-order valence-electron chi connectivity index (χ2n) is 7.38. The summed E-state index contributed by atoms with van der Waals surface area (Å²) in [4.78, 5) is 0.949. The minimum absolute atomic E-state index is 0.0275. The summed E-state index contributed by atoms with van der Waals surface area (Å²) in [7, 11) is 0. The molecule has 1 aromatic rings. The van der Waals surface area contributed by atoms with Gasteiger partial charge in [-0.3, -0.25) is 0 Å². The number of ether oxygens (including phenoxy) is 1. The van der Waals surface area contributed by atoms with Gasteiger partial charge >= 0.3 is 0 Å². The predicted octanol–water partition coefficient (Wildman–Crippen LogP) is 5.91. The Kier molecular flexibility index (Phi) is 10.2. The number of benzene rings is 1. The minimum atomic E-state index is 0.0275. The molecular weight excluding hydrogens is 354 g/mol. The van der Waals surface area contributed by atoms with E-state index in [-0.39, 0.29) is 12.7 Å². The zero-order valence-corrected chi connectivity index (χ0v) is 18.7. The third kappa shape index (κ3) is 6.70. The van der Waals surface area contributed by atoms with E-state index < -0.39 is 0 Å². The molecule has 0 bridgehead atoms. The van der Waals surface area contributed by atoms with Gasteiger partial charge in [0.2, 0.25) is 0 Å². The maximum Gasteiger partial charge on any atom is 0.154 e. The van der Waals surface area contributed by atoms with Crippen molar-refractivity contribution in [1.29, 1.82) is 0 Å². The molecule has 3 nitrogen and oxygen atoms in total. The van der Waals surface area contributed by atoms with E-state index in [9.17, 15) is 5.11 Å². The second kappa shape index (κ2) is 11.6. The molecule has 0 aliphatic carbocycles. The molecule has 1 unspecified atom stereocenters. The van der Waals surface area contributed by atoms with Gasteiger partial charge in [-0.05, 0) is 86.4 Å². The molecule has 0 fully saturated rings. The summed E-state index contributed by atoms with van der Waals surface area (Å²) in [5.74, 6) is 0.660. The molecule has 27 heavy (non-hydrogen) atoms. The summed E-state index contributed by atoms with van der Waals surface area (Å²) in [6.45, 7) is 17.4. The SMILES string of the molecule is C=C(S/C(=C\C)OC(C)C)c1cc(CN)c(CO)c(CCC(C)CC)c1C. The molecule has 0 spiro atoms. The lowest BCUT2D eigenvalue weighted by molar-refractivity contribution is 0.170. The van der Waals surface area contributed by atoms with Gasteiger partial charge in [0.1, 0.15) is 0 Å². The van der Waals surface area contributed by atoms with E-state index in [0.717, 1.165) is 45.9 Å². The number of thioether (sulfide) groups is 1. The molecule has 1 aromatic carbocycles. The third-order valence-electron chi connectivity index (χ3n) is 5.00. The summed E-state index contributed by atoms with van der Waals surface area (Å²) < 4.78 is 5.86. The quantitative estimate of drug-likeness (QED) is 0.460. The van der Waals surface area contributed by atoms with Crippen molar-refractivity contribution < 1.29 is 9.84 Å². The topological polar surface area (TPSA) is 55.5 Å². The number of aliphatic hydroxyl groups excluding tert-OH is 1. The van der Waals surface area contributed by atoms with E-state index in [4.69, 9.17) is 10.5 Å². The van der Waals surface area contributed by atoms with Gasteiger partial charge in [0.05, 0.1) is 12.7 Å². The van der Waals surface area contributed by atoms with E-state index in [1.165, 1.54) is 11.1 Å². The van der Waals surface area contributed by atoms with Gasteiger partial charge in [0, 0.05) is 11.4 Å². The smallest absolute Gasteiger partial charge is 0.154 e. The number of rotatable bonds is 11. The normalized spacial score (nSPS) is 13.1. The highest BCUT2D eigenvalue weighted by Gasteiger charge is 2.18. The Labute approximate surface area is 170 Å². The number of aliphatic hydroxyl groups is 1.